The fourth-order valence-corrected chi connectivity index (χ4v) is 6.43. The van der Waals surface area contributed by atoms with Gasteiger partial charge in [0.25, 0.3) is 0 Å². The number of imidazole rings is 1. The number of hydrogen-bond donors (Lipinski definition) is 1. The third-order valence-electron chi connectivity index (χ3n) is 8.53. The van der Waals surface area contributed by atoms with E-state index in [1.807, 2.05) is 31.4 Å². The summed E-state index contributed by atoms with van der Waals surface area (Å²) in [5.41, 5.74) is 3.87. The largest absolute Gasteiger partial charge is 0.378 e. The fourth-order valence-electron chi connectivity index (χ4n) is 6.20. The van der Waals surface area contributed by atoms with Crippen LogP contribution in [0.1, 0.15) is 38.2 Å². The predicted octanol–water partition coefficient (Wildman–Crippen LogP) is 6.03. The summed E-state index contributed by atoms with van der Waals surface area (Å²) in [7, 11) is 0. The highest BCUT2D eigenvalue weighted by Gasteiger charge is 2.23. The molecule has 2 aromatic heterocycles. The first kappa shape index (κ1) is 30.6. The molecule has 234 valence electrons. The van der Waals surface area contributed by atoms with Crippen molar-refractivity contribution in [2.75, 3.05) is 69.2 Å². The molecular formula is C32H39ClF2N8O. The lowest BCUT2D eigenvalue weighted by Crippen LogP contribution is -2.45. The normalized spacial score (nSPS) is 16.8. The van der Waals surface area contributed by atoms with Gasteiger partial charge in [-0.1, -0.05) is 18.5 Å². The number of hydrogen-bond acceptors (Lipinski definition) is 8. The molecule has 2 fully saturated rings. The molecule has 0 saturated carbocycles. The van der Waals surface area contributed by atoms with Crippen LogP contribution in [0.2, 0.25) is 5.02 Å². The zero-order valence-corrected chi connectivity index (χ0v) is 26.5. The Bertz CT molecular complexity index is 1650. The number of ether oxygens (including phenoxy) is 1. The van der Waals surface area contributed by atoms with Crippen molar-refractivity contribution >= 4 is 40.0 Å². The van der Waals surface area contributed by atoms with Crippen LogP contribution >= 0.6 is 11.6 Å². The number of piperazine rings is 1. The van der Waals surface area contributed by atoms with Crippen LogP contribution in [-0.4, -0.2) is 88.3 Å². The third-order valence-corrected chi connectivity index (χ3v) is 8.88. The lowest BCUT2D eigenvalue weighted by molar-refractivity contribution is 0.122. The Morgan fingerprint density at radius 3 is 2.39 bits per heavy atom. The minimum Gasteiger partial charge on any atom is -0.378 e. The SMILES string of the molecule is CCN1CCN(Cc2cc(N3CCOCC3)c(Nc3ncc(F)c(-c4cc(F)c5nc(C)n(C(C)C)c5c4)n3)cc2Cl)CC1. The Balaban J connectivity index is 1.33. The second-order valence-corrected chi connectivity index (χ2v) is 12.1. The van der Waals surface area contributed by atoms with Crippen LogP contribution in [0.25, 0.3) is 22.3 Å². The van der Waals surface area contributed by atoms with Crippen LogP contribution < -0.4 is 10.2 Å². The number of aromatic nitrogens is 4. The molecule has 0 atom stereocenters. The average Bonchev–Trinajstić information content (AvgIpc) is 3.36. The molecule has 6 rings (SSSR count). The number of likely N-dealkylation sites (N-methyl/N-ethyl adjacent to an activating group) is 1. The van der Waals surface area contributed by atoms with Crippen LogP contribution in [0.3, 0.4) is 0 Å². The maximum Gasteiger partial charge on any atom is 0.227 e. The molecule has 2 aliphatic rings. The van der Waals surface area contributed by atoms with Crippen molar-refractivity contribution in [2.45, 2.75) is 40.3 Å². The second-order valence-electron chi connectivity index (χ2n) is 11.7. The van der Waals surface area contributed by atoms with Crippen molar-refractivity contribution in [3.05, 3.63) is 58.5 Å². The van der Waals surface area contributed by atoms with Crippen molar-refractivity contribution in [3.8, 4) is 11.3 Å². The molecule has 4 heterocycles. The number of morpholine rings is 1. The van der Waals surface area contributed by atoms with Gasteiger partial charge in [0.05, 0.1) is 36.3 Å². The van der Waals surface area contributed by atoms with Gasteiger partial charge in [0.1, 0.15) is 17.0 Å². The first-order chi connectivity index (χ1) is 21.2. The Morgan fingerprint density at radius 1 is 0.955 bits per heavy atom. The van der Waals surface area contributed by atoms with Crippen molar-refractivity contribution in [1.29, 1.82) is 0 Å². The Kier molecular flexibility index (Phi) is 9.00. The number of halogens is 3. The smallest absolute Gasteiger partial charge is 0.227 e. The van der Waals surface area contributed by atoms with Crippen LogP contribution in [0.4, 0.5) is 26.1 Å². The topological polar surface area (TPSA) is 74.6 Å². The zero-order chi connectivity index (χ0) is 31.0. The summed E-state index contributed by atoms with van der Waals surface area (Å²) in [5, 5.41) is 3.92. The van der Waals surface area contributed by atoms with E-state index in [9.17, 15) is 0 Å². The summed E-state index contributed by atoms with van der Waals surface area (Å²) in [4.78, 5) is 20.3. The third kappa shape index (κ3) is 6.24. The van der Waals surface area contributed by atoms with E-state index >= 15 is 8.78 Å². The van der Waals surface area contributed by atoms with Gasteiger partial charge in [-0.2, -0.15) is 0 Å². The maximum absolute atomic E-state index is 15.2. The summed E-state index contributed by atoms with van der Waals surface area (Å²) in [6.45, 7) is 16.6. The van der Waals surface area contributed by atoms with E-state index in [1.165, 1.54) is 6.07 Å². The molecule has 2 aliphatic heterocycles. The zero-order valence-electron chi connectivity index (χ0n) is 25.7. The van der Waals surface area contributed by atoms with Gasteiger partial charge in [0.2, 0.25) is 5.95 Å². The van der Waals surface area contributed by atoms with Gasteiger partial charge in [-0.25, -0.2) is 23.7 Å². The predicted molar refractivity (Wildman–Crippen MR) is 171 cm³/mol. The highest BCUT2D eigenvalue weighted by atomic mass is 35.5. The minimum absolute atomic E-state index is 0.000629. The molecule has 9 nitrogen and oxygen atoms in total. The van der Waals surface area contributed by atoms with E-state index in [4.69, 9.17) is 16.3 Å². The van der Waals surface area contributed by atoms with Crippen molar-refractivity contribution in [2.24, 2.45) is 0 Å². The molecule has 44 heavy (non-hydrogen) atoms. The van der Waals surface area contributed by atoms with Crippen LogP contribution in [-0.2, 0) is 11.3 Å². The molecule has 2 saturated heterocycles. The molecule has 0 bridgehead atoms. The van der Waals surface area contributed by atoms with Crippen LogP contribution in [0.15, 0.2) is 30.5 Å². The fraction of sp³-hybridized carbons (Fsp3) is 0.469. The van der Waals surface area contributed by atoms with E-state index in [1.54, 1.807) is 6.07 Å². The van der Waals surface area contributed by atoms with E-state index in [-0.39, 0.29) is 23.2 Å². The second kappa shape index (κ2) is 12.9. The van der Waals surface area contributed by atoms with Gasteiger partial charge in [-0.3, -0.25) is 4.90 Å². The molecular weight excluding hydrogens is 586 g/mol. The summed E-state index contributed by atoms with van der Waals surface area (Å²) in [6.07, 6.45) is 1.11. The first-order valence-corrected chi connectivity index (χ1v) is 15.7. The minimum atomic E-state index is -0.647. The Labute approximate surface area is 261 Å². The van der Waals surface area contributed by atoms with Crippen molar-refractivity contribution in [3.63, 3.8) is 0 Å². The Morgan fingerprint density at radius 2 is 1.68 bits per heavy atom. The highest BCUT2D eigenvalue weighted by molar-refractivity contribution is 6.31. The number of fused-ring (bicyclic) bond motifs is 1. The van der Waals surface area contributed by atoms with Gasteiger partial charge >= 0.3 is 0 Å². The highest BCUT2D eigenvalue weighted by Crippen LogP contribution is 2.36. The molecule has 0 spiro atoms. The average molecular weight is 625 g/mol. The van der Waals surface area contributed by atoms with Gasteiger partial charge in [-0.05, 0) is 57.1 Å². The number of nitrogens with zero attached hydrogens (tertiary/aromatic N) is 7. The number of nitrogens with one attached hydrogen (secondary N) is 1. The summed E-state index contributed by atoms with van der Waals surface area (Å²) in [5.74, 6) is -0.299. The molecule has 12 heteroatoms. The van der Waals surface area contributed by atoms with Gasteiger partial charge in [0.15, 0.2) is 11.6 Å². The quantitative estimate of drug-likeness (QED) is 0.255. The van der Waals surface area contributed by atoms with E-state index in [0.717, 1.165) is 69.8 Å². The molecule has 2 aromatic carbocycles. The standard InChI is InChI=1S/C32H39ClF2N8O/c1-5-40-6-8-41(9-7-40)19-23-16-28(42-10-12-44-13-11-42)27(17-24(23)33)38-32-36-18-26(35)30(39-32)22-14-25(34)31-29(15-22)43(20(2)3)21(4)37-31/h14-18,20H,5-13,19H2,1-4H3,(H,36,38,39). The summed E-state index contributed by atoms with van der Waals surface area (Å²) < 4.78 is 38.0. The van der Waals surface area contributed by atoms with Gasteiger partial charge in [0, 0.05) is 62.4 Å². The summed E-state index contributed by atoms with van der Waals surface area (Å²) >= 11 is 6.88. The van der Waals surface area contributed by atoms with Crippen molar-refractivity contribution < 1.29 is 13.5 Å². The molecule has 0 unspecified atom stereocenters. The van der Waals surface area contributed by atoms with Gasteiger partial charge in [-0.15, -0.1) is 0 Å². The number of aryl methyl sites for hydroxylation is 1. The summed E-state index contributed by atoms with van der Waals surface area (Å²) in [6, 6.07) is 7.09. The molecule has 4 aromatic rings. The van der Waals surface area contributed by atoms with Gasteiger partial charge < -0.3 is 24.4 Å². The number of anilines is 3. The molecule has 1 N–H and O–H groups in total. The van der Waals surface area contributed by atoms with E-state index < -0.39 is 11.6 Å². The van der Waals surface area contributed by atoms with Crippen LogP contribution in [0, 0.1) is 18.6 Å². The van der Waals surface area contributed by atoms with E-state index in [2.05, 4.69) is 48.0 Å². The number of rotatable bonds is 8. The lowest BCUT2D eigenvalue weighted by Gasteiger charge is -2.35. The first-order valence-electron chi connectivity index (χ1n) is 15.3. The molecule has 0 amide bonds. The van der Waals surface area contributed by atoms with Crippen LogP contribution in [0.5, 0.6) is 0 Å². The number of benzene rings is 2. The molecule has 0 radical (unpaired) electrons. The van der Waals surface area contributed by atoms with Crippen molar-refractivity contribution in [1.82, 2.24) is 29.3 Å². The van der Waals surface area contributed by atoms with E-state index in [0.29, 0.717) is 40.8 Å². The molecule has 0 aliphatic carbocycles. The Hall–Kier alpha value is -3.38. The maximum atomic E-state index is 15.2. The monoisotopic (exact) mass is 624 g/mol. The lowest BCUT2D eigenvalue weighted by atomic mass is 10.1.